The molecule has 28 heavy (non-hydrogen) atoms. The highest BCUT2D eigenvalue weighted by Gasteiger charge is 2.33. The molecular weight excluding hydrogens is 371 g/mol. The Bertz CT molecular complexity index is 896. The largest absolute Gasteiger partial charge is 0.573 e. The molecule has 0 fully saturated rings. The molecule has 0 radical (unpaired) electrons. The number of ketones is 1. The Hall–Kier alpha value is -3.09. The van der Waals surface area contributed by atoms with Crippen LogP contribution in [0.2, 0.25) is 0 Å². The lowest BCUT2D eigenvalue weighted by Crippen LogP contribution is -2.19. The van der Waals surface area contributed by atoms with Crippen molar-refractivity contribution in [2.45, 2.75) is 19.2 Å². The lowest BCUT2D eigenvalue weighted by Gasteiger charge is -2.14. The van der Waals surface area contributed by atoms with E-state index in [1.807, 2.05) is 24.3 Å². The van der Waals surface area contributed by atoms with Crippen LogP contribution >= 0.6 is 0 Å². The van der Waals surface area contributed by atoms with Crippen LogP contribution < -0.4 is 4.74 Å². The first-order valence-corrected chi connectivity index (χ1v) is 8.73. The van der Waals surface area contributed by atoms with Gasteiger partial charge in [0, 0.05) is 13.0 Å². The summed E-state index contributed by atoms with van der Waals surface area (Å²) in [4.78, 5) is 17.0. The molecule has 146 valence electrons. The lowest BCUT2D eigenvalue weighted by atomic mass is 9.94. The van der Waals surface area contributed by atoms with Crippen molar-refractivity contribution in [3.63, 3.8) is 0 Å². The fourth-order valence-corrected chi connectivity index (χ4v) is 2.83. The van der Waals surface area contributed by atoms with Crippen molar-refractivity contribution in [1.29, 1.82) is 0 Å². The molecule has 1 aliphatic heterocycles. The molecule has 1 aromatic carbocycles. The SMILES string of the molecule is O=C(CC1C=CC(/C=C/c2ccco2)=NCC1)c1ccccc1OC(F)(F)F. The maximum absolute atomic E-state index is 12.5. The molecule has 0 spiro atoms. The third kappa shape index (κ3) is 5.70. The Morgan fingerprint density at radius 2 is 2.04 bits per heavy atom. The number of carbonyl (C=O) groups excluding carboxylic acids is 1. The number of rotatable bonds is 6. The van der Waals surface area contributed by atoms with Gasteiger partial charge in [0.05, 0.1) is 17.5 Å². The highest BCUT2D eigenvalue weighted by Crippen LogP contribution is 2.28. The fourth-order valence-electron chi connectivity index (χ4n) is 2.83. The van der Waals surface area contributed by atoms with E-state index in [1.165, 1.54) is 18.2 Å². The van der Waals surface area contributed by atoms with Gasteiger partial charge in [-0.1, -0.05) is 18.2 Å². The zero-order chi connectivity index (χ0) is 20.0. The number of alkyl halides is 3. The topological polar surface area (TPSA) is 51.8 Å². The minimum atomic E-state index is -4.85. The molecule has 4 nitrogen and oxygen atoms in total. The van der Waals surface area contributed by atoms with E-state index < -0.39 is 17.9 Å². The van der Waals surface area contributed by atoms with Crippen molar-refractivity contribution in [1.82, 2.24) is 0 Å². The van der Waals surface area contributed by atoms with Gasteiger partial charge in [0.2, 0.25) is 0 Å². The van der Waals surface area contributed by atoms with Crippen LogP contribution in [0.4, 0.5) is 13.2 Å². The van der Waals surface area contributed by atoms with Gasteiger partial charge in [0.25, 0.3) is 0 Å². The van der Waals surface area contributed by atoms with Crippen LogP contribution in [-0.2, 0) is 0 Å². The summed E-state index contributed by atoms with van der Waals surface area (Å²) in [5.41, 5.74) is 0.670. The maximum Gasteiger partial charge on any atom is 0.573 e. The summed E-state index contributed by atoms with van der Waals surface area (Å²) in [7, 11) is 0. The number of Topliss-reactive ketones (excluding diaryl/α,β-unsaturated/α-hetero) is 1. The third-order valence-corrected chi connectivity index (χ3v) is 4.16. The Labute approximate surface area is 160 Å². The molecule has 2 aromatic rings. The predicted octanol–water partition coefficient (Wildman–Crippen LogP) is 5.48. The molecule has 0 aliphatic carbocycles. The molecule has 7 heteroatoms. The lowest BCUT2D eigenvalue weighted by molar-refractivity contribution is -0.274. The number of para-hydroxylation sites is 1. The minimum absolute atomic E-state index is 0.0728. The number of aliphatic imine (C=N–C) groups is 1. The molecule has 0 amide bonds. The molecule has 2 heterocycles. The van der Waals surface area contributed by atoms with Gasteiger partial charge in [-0.15, -0.1) is 13.2 Å². The zero-order valence-electron chi connectivity index (χ0n) is 14.9. The predicted molar refractivity (Wildman–Crippen MR) is 99.4 cm³/mol. The molecule has 3 rings (SSSR count). The van der Waals surface area contributed by atoms with Gasteiger partial charge >= 0.3 is 6.36 Å². The number of benzene rings is 1. The Kier molecular flexibility index (Phi) is 6.13. The monoisotopic (exact) mass is 389 g/mol. The number of nitrogens with zero attached hydrogens (tertiary/aromatic N) is 1. The van der Waals surface area contributed by atoms with Gasteiger partial charge in [0.1, 0.15) is 11.5 Å². The molecule has 1 atom stereocenters. The summed E-state index contributed by atoms with van der Waals surface area (Å²) in [5.74, 6) is -0.293. The van der Waals surface area contributed by atoms with Gasteiger partial charge in [-0.3, -0.25) is 9.79 Å². The second-order valence-corrected chi connectivity index (χ2v) is 6.23. The van der Waals surface area contributed by atoms with Crippen LogP contribution in [0.1, 0.15) is 29.0 Å². The molecule has 0 saturated heterocycles. The first-order chi connectivity index (χ1) is 13.4. The first kappa shape index (κ1) is 19.7. The van der Waals surface area contributed by atoms with Crippen molar-refractivity contribution in [3.05, 3.63) is 72.2 Å². The van der Waals surface area contributed by atoms with Crippen molar-refractivity contribution in [3.8, 4) is 5.75 Å². The van der Waals surface area contributed by atoms with Crippen LogP contribution in [0.15, 0.2) is 70.3 Å². The summed E-state index contributed by atoms with van der Waals surface area (Å²) < 4.78 is 46.8. The molecule has 0 bridgehead atoms. The van der Waals surface area contributed by atoms with Crippen molar-refractivity contribution < 1.29 is 27.1 Å². The smallest absolute Gasteiger partial charge is 0.465 e. The third-order valence-electron chi connectivity index (χ3n) is 4.16. The van der Waals surface area contributed by atoms with E-state index in [0.29, 0.717) is 18.7 Å². The number of furan rings is 1. The number of ether oxygens (including phenoxy) is 1. The molecule has 0 N–H and O–H groups in total. The first-order valence-electron chi connectivity index (χ1n) is 8.73. The molecule has 1 aromatic heterocycles. The van der Waals surface area contributed by atoms with E-state index in [1.54, 1.807) is 18.4 Å². The molecular formula is C21H18F3NO3. The van der Waals surface area contributed by atoms with Crippen LogP contribution in [0, 0.1) is 5.92 Å². The number of carbonyl (C=O) groups is 1. The number of halogens is 3. The summed E-state index contributed by atoms with van der Waals surface area (Å²) in [5, 5.41) is 0. The summed E-state index contributed by atoms with van der Waals surface area (Å²) >= 11 is 0. The van der Waals surface area contributed by atoms with Crippen molar-refractivity contribution >= 4 is 17.6 Å². The Balaban J connectivity index is 1.65. The highest BCUT2D eigenvalue weighted by molar-refractivity contribution is 6.06. The van der Waals surface area contributed by atoms with Gasteiger partial charge in [0.15, 0.2) is 5.78 Å². The van der Waals surface area contributed by atoms with Crippen LogP contribution in [-0.4, -0.2) is 24.4 Å². The second kappa shape index (κ2) is 8.73. The van der Waals surface area contributed by atoms with E-state index >= 15 is 0 Å². The van der Waals surface area contributed by atoms with Crippen LogP contribution in [0.5, 0.6) is 5.75 Å². The van der Waals surface area contributed by atoms with Gasteiger partial charge in [-0.25, -0.2) is 0 Å². The van der Waals surface area contributed by atoms with Crippen molar-refractivity contribution in [2.75, 3.05) is 6.54 Å². The van der Waals surface area contributed by atoms with Crippen molar-refractivity contribution in [2.24, 2.45) is 10.9 Å². The zero-order valence-corrected chi connectivity index (χ0v) is 14.9. The normalized spacial score (nSPS) is 17.4. The summed E-state index contributed by atoms with van der Waals surface area (Å²) in [6.07, 6.45) is 4.72. The summed E-state index contributed by atoms with van der Waals surface area (Å²) in [6.45, 7) is 0.517. The fraction of sp³-hybridized carbons (Fsp3) is 0.238. The number of hydrogen-bond donors (Lipinski definition) is 0. The highest BCUT2D eigenvalue weighted by atomic mass is 19.4. The average molecular weight is 389 g/mol. The maximum atomic E-state index is 12.5. The average Bonchev–Trinajstić information content (AvgIpc) is 3.06. The van der Waals surface area contributed by atoms with Crippen LogP contribution in [0.25, 0.3) is 6.08 Å². The number of hydrogen-bond acceptors (Lipinski definition) is 4. The molecule has 1 aliphatic rings. The van der Waals surface area contributed by atoms with E-state index in [-0.39, 0.29) is 17.9 Å². The van der Waals surface area contributed by atoms with E-state index in [2.05, 4.69) is 9.73 Å². The Morgan fingerprint density at radius 3 is 2.79 bits per heavy atom. The standard InChI is InChI=1S/C21H18F3NO3/c22-21(23,24)28-20-6-2-1-5-18(20)19(26)14-15-7-8-16(25-12-11-15)9-10-17-4-3-13-27-17/h1-10,13,15H,11-12,14H2/b10-9+. The summed E-state index contributed by atoms with van der Waals surface area (Å²) in [6, 6.07) is 9.00. The van der Waals surface area contributed by atoms with Gasteiger partial charge in [-0.05, 0) is 54.8 Å². The second-order valence-electron chi connectivity index (χ2n) is 6.23. The van der Waals surface area contributed by atoms with E-state index in [0.717, 1.165) is 11.8 Å². The molecule has 0 saturated carbocycles. The minimum Gasteiger partial charge on any atom is -0.465 e. The van der Waals surface area contributed by atoms with E-state index in [9.17, 15) is 18.0 Å². The molecule has 1 unspecified atom stereocenters. The van der Waals surface area contributed by atoms with Crippen LogP contribution in [0.3, 0.4) is 0 Å². The van der Waals surface area contributed by atoms with E-state index in [4.69, 9.17) is 4.42 Å². The van der Waals surface area contributed by atoms with Gasteiger partial charge in [-0.2, -0.15) is 0 Å². The quantitative estimate of drug-likeness (QED) is 0.615. The Morgan fingerprint density at radius 1 is 1.21 bits per heavy atom. The number of allylic oxidation sites excluding steroid dienone is 3. The van der Waals surface area contributed by atoms with Gasteiger partial charge < -0.3 is 9.15 Å².